The van der Waals surface area contributed by atoms with Gasteiger partial charge in [-0.2, -0.15) is 0 Å². The van der Waals surface area contributed by atoms with Gasteiger partial charge in [-0.25, -0.2) is 8.42 Å². The van der Waals surface area contributed by atoms with E-state index in [-0.39, 0.29) is 12.2 Å². The monoisotopic (exact) mass is 302 g/mol. The summed E-state index contributed by atoms with van der Waals surface area (Å²) in [6.45, 7) is -0.485. The lowest BCUT2D eigenvalue weighted by atomic mass is 9.94. The van der Waals surface area contributed by atoms with Crippen LogP contribution in [0, 0.1) is 0 Å². The molecule has 0 aliphatic carbocycles. The highest BCUT2D eigenvalue weighted by atomic mass is 33.1. The molecule has 1 aliphatic heterocycles. The molecule has 0 amide bonds. The second-order valence-electron chi connectivity index (χ2n) is 4.18. The van der Waals surface area contributed by atoms with Crippen LogP contribution in [0.2, 0.25) is 0 Å². The first-order chi connectivity index (χ1) is 8.26. The summed E-state index contributed by atoms with van der Waals surface area (Å²) < 4.78 is 27.1. The van der Waals surface area contributed by atoms with Gasteiger partial charge in [0.2, 0.25) is 0 Å². The van der Waals surface area contributed by atoms with Crippen molar-refractivity contribution in [1.82, 2.24) is 0 Å². The molecule has 4 N–H and O–H groups in total. The molecule has 9 heteroatoms. The molecule has 1 rings (SSSR count). The molecule has 1 heterocycles. The molecule has 0 bridgehead atoms. The van der Waals surface area contributed by atoms with Gasteiger partial charge in [-0.05, 0) is 17.2 Å². The molecule has 0 saturated carbocycles. The molecule has 108 valence electrons. The molecule has 1 fully saturated rings. The fraction of sp³-hybridized carbons (Fsp3) is 1.00. The Morgan fingerprint density at radius 1 is 1.11 bits per heavy atom. The third kappa shape index (κ3) is 4.34. The van der Waals surface area contributed by atoms with Gasteiger partial charge in [0, 0.05) is 12.0 Å². The van der Waals surface area contributed by atoms with Gasteiger partial charge in [-0.3, -0.25) is 0 Å². The second-order valence-corrected chi connectivity index (χ2v) is 8.76. The summed E-state index contributed by atoms with van der Waals surface area (Å²) in [5.41, 5.74) is 0. The van der Waals surface area contributed by atoms with E-state index in [1.54, 1.807) is 0 Å². The van der Waals surface area contributed by atoms with Crippen molar-refractivity contribution < 1.29 is 33.6 Å². The van der Waals surface area contributed by atoms with Crippen LogP contribution >= 0.6 is 10.8 Å². The van der Waals surface area contributed by atoms with Gasteiger partial charge in [-0.1, -0.05) is 0 Å². The fourth-order valence-electron chi connectivity index (χ4n) is 1.73. The predicted octanol–water partition coefficient (Wildman–Crippen LogP) is -2.09. The summed E-state index contributed by atoms with van der Waals surface area (Å²) >= 11 is 0. The molecule has 1 saturated heterocycles. The molecule has 5 atom stereocenters. The van der Waals surface area contributed by atoms with Gasteiger partial charge in [0.25, 0.3) is 0 Å². The standard InChI is InChI=1S/C9H18O7S2/c1-18(14,15)17-3-2-5-7(11)9(13)8(12)6(4-10)16-5/h5-13H,2-4H2,1H3/t5?,6-,7+,8-,9-/m1/s1. The van der Waals surface area contributed by atoms with E-state index in [4.69, 9.17) is 9.84 Å². The molecule has 0 aromatic rings. The molecule has 0 aromatic carbocycles. The Labute approximate surface area is 109 Å². The molecular formula is C9H18O7S2. The fourth-order valence-corrected chi connectivity index (χ4v) is 3.56. The van der Waals surface area contributed by atoms with Crippen molar-refractivity contribution >= 4 is 19.7 Å². The van der Waals surface area contributed by atoms with Crippen LogP contribution in [0.3, 0.4) is 0 Å². The van der Waals surface area contributed by atoms with Gasteiger partial charge in [0.1, 0.15) is 24.4 Å². The first kappa shape index (κ1) is 16.2. The first-order valence-electron chi connectivity index (χ1n) is 5.41. The highest BCUT2D eigenvalue weighted by Crippen LogP contribution is 2.25. The van der Waals surface area contributed by atoms with Crippen molar-refractivity contribution in [2.75, 3.05) is 18.6 Å². The number of rotatable bonds is 5. The van der Waals surface area contributed by atoms with E-state index in [2.05, 4.69) is 0 Å². The molecule has 1 aliphatic rings. The van der Waals surface area contributed by atoms with Crippen LogP contribution in [0.15, 0.2) is 0 Å². The van der Waals surface area contributed by atoms with Crippen LogP contribution in [0.25, 0.3) is 0 Å². The lowest BCUT2D eigenvalue weighted by Gasteiger charge is -2.40. The van der Waals surface area contributed by atoms with Crippen LogP contribution < -0.4 is 0 Å². The van der Waals surface area contributed by atoms with Crippen LogP contribution in [0.5, 0.6) is 0 Å². The minimum Gasteiger partial charge on any atom is -0.394 e. The zero-order valence-electron chi connectivity index (χ0n) is 9.84. The third-order valence-electron chi connectivity index (χ3n) is 2.69. The lowest BCUT2D eigenvalue weighted by molar-refractivity contribution is -0.229. The summed E-state index contributed by atoms with van der Waals surface area (Å²) in [5.74, 6) is 0.196. The van der Waals surface area contributed by atoms with E-state index in [9.17, 15) is 23.7 Å². The smallest absolute Gasteiger partial charge is 0.198 e. The van der Waals surface area contributed by atoms with E-state index in [1.165, 1.54) is 0 Å². The number of hydrogen-bond donors (Lipinski definition) is 4. The van der Waals surface area contributed by atoms with E-state index in [0.717, 1.165) is 6.26 Å². The Kier molecular flexibility index (Phi) is 5.84. The maximum Gasteiger partial charge on any atom is 0.198 e. The average molecular weight is 302 g/mol. The molecule has 0 radical (unpaired) electrons. The third-order valence-corrected chi connectivity index (χ3v) is 5.31. The molecule has 1 unspecified atom stereocenters. The van der Waals surface area contributed by atoms with Crippen LogP contribution in [-0.4, -0.2) is 78.0 Å². The summed E-state index contributed by atoms with van der Waals surface area (Å²) in [7, 11) is -2.45. The minimum absolute atomic E-state index is 0.194. The van der Waals surface area contributed by atoms with Gasteiger partial charge in [0.15, 0.2) is 8.87 Å². The van der Waals surface area contributed by atoms with Crippen LogP contribution in [-0.2, 0) is 13.6 Å². The van der Waals surface area contributed by atoms with E-state index < -0.39 is 46.0 Å². The molecular weight excluding hydrogens is 284 g/mol. The van der Waals surface area contributed by atoms with Crippen molar-refractivity contribution in [2.24, 2.45) is 0 Å². The lowest BCUT2D eigenvalue weighted by Crippen LogP contribution is -2.58. The van der Waals surface area contributed by atoms with Gasteiger partial charge in [-0.15, -0.1) is 0 Å². The van der Waals surface area contributed by atoms with Crippen molar-refractivity contribution in [3.8, 4) is 0 Å². The summed E-state index contributed by atoms with van der Waals surface area (Å²) in [6, 6.07) is 0. The number of ether oxygens (including phenoxy) is 1. The Morgan fingerprint density at radius 3 is 2.17 bits per heavy atom. The van der Waals surface area contributed by atoms with Crippen LogP contribution in [0.1, 0.15) is 6.42 Å². The topological polar surface area (TPSA) is 124 Å². The highest BCUT2D eigenvalue weighted by Gasteiger charge is 2.42. The maximum atomic E-state index is 10.9. The average Bonchev–Trinajstić information content (AvgIpc) is 2.27. The Hall–Kier alpha value is 0.1000. The normalized spacial score (nSPS) is 37.7. The van der Waals surface area contributed by atoms with Crippen molar-refractivity contribution in [1.29, 1.82) is 0 Å². The van der Waals surface area contributed by atoms with E-state index in [0.29, 0.717) is 10.8 Å². The Morgan fingerprint density at radius 2 is 1.67 bits per heavy atom. The summed E-state index contributed by atoms with van der Waals surface area (Å²) in [5, 5.41) is 37.7. The zero-order valence-corrected chi connectivity index (χ0v) is 11.5. The quantitative estimate of drug-likeness (QED) is 0.426. The molecule has 0 aromatic heterocycles. The molecule has 18 heavy (non-hydrogen) atoms. The van der Waals surface area contributed by atoms with E-state index in [1.807, 2.05) is 0 Å². The van der Waals surface area contributed by atoms with Gasteiger partial charge in [0.05, 0.1) is 12.7 Å². The van der Waals surface area contributed by atoms with Crippen molar-refractivity contribution in [2.45, 2.75) is 36.9 Å². The van der Waals surface area contributed by atoms with Crippen LogP contribution in [0.4, 0.5) is 0 Å². The number of aliphatic hydroxyl groups is 4. The second kappa shape index (κ2) is 6.51. The van der Waals surface area contributed by atoms with Crippen molar-refractivity contribution in [3.05, 3.63) is 0 Å². The number of hydrogen-bond acceptors (Lipinski definition) is 8. The summed E-state index contributed by atoms with van der Waals surface area (Å²) in [6.07, 6.45) is -4.59. The van der Waals surface area contributed by atoms with Crippen molar-refractivity contribution in [3.63, 3.8) is 0 Å². The Balaban J connectivity index is 2.54. The maximum absolute atomic E-state index is 10.9. The highest BCUT2D eigenvalue weighted by molar-refractivity contribution is 8.71. The zero-order chi connectivity index (χ0) is 13.9. The molecule has 0 spiro atoms. The predicted molar refractivity (Wildman–Crippen MR) is 65.7 cm³/mol. The van der Waals surface area contributed by atoms with Gasteiger partial charge < -0.3 is 25.2 Å². The SMILES string of the molecule is CS(=O)(=O)SCCC1O[C@H](CO)[C@@H](O)[C@H](O)[C@H]1O. The Bertz CT molecular complexity index is 356. The van der Waals surface area contributed by atoms with E-state index >= 15 is 0 Å². The first-order valence-corrected chi connectivity index (χ1v) is 8.80. The van der Waals surface area contributed by atoms with Gasteiger partial charge >= 0.3 is 0 Å². The number of aliphatic hydroxyl groups excluding tert-OH is 4. The largest absolute Gasteiger partial charge is 0.394 e. The molecule has 7 nitrogen and oxygen atoms in total. The minimum atomic E-state index is -3.17. The summed E-state index contributed by atoms with van der Waals surface area (Å²) in [4.78, 5) is 0.